The Balaban J connectivity index is 1.57. The van der Waals surface area contributed by atoms with Crippen LogP contribution in [0.15, 0.2) is 43.7 Å². The smallest absolute Gasteiger partial charge is 0.305 e. The van der Waals surface area contributed by atoms with E-state index in [1.54, 1.807) is 0 Å². The number of rotatable bonds is 10. The third kappa shape index (κ3) is 6.60. The van der Waals surface area contributed by atoms with Crippen LogP contribution in [0.2, 0.25) is 0 Å². The SMILES string of the molecule is CCC1=C(C)C2=N/C1=C\c1[nH]c(c(CCC(=O)OC)c1C)C1=N/C(=C\c3[nH]c(c(C)c3CC)-c3[nH]c(c(CC)c3C)-c3[nH]c2c(C)c3CC)C(C)=C1CCC(=O)OC. The number of aromatic nitrogens is 4. The minimum Gasteiger partial charge on any atom is -0.469 e. The zero-order valence-electron chi connectivity index (χ0n) is 36.3. The maximum absolute atomic E-state index is 12.6. The van der Waals surface area contributed by atoms with Crippen molar-refractivity contribution in [1.29, 1.82) is 0 Å². The number of carbonyl (C=O) groups is 2. The van der Waals surface area contributed by atoms with E-state index in [4.69, 9.17) is 19.5 Å². The van der Waals surface area contributed by atoms with Crippen molar-refractivity contribution in [3.05, 3.63) is 101 Å². The highest BCUT2D eigenvalue weighted by atomic mass is 16.5. The number of aliphatic imine (C=N–C) groups is 2. The molecule has 0 spiro atoms. The first kappa shape index (κ1) is 40.6. The Labute approximate surface area is 342 Å². The molecule has 0 unspecified atom stereocenters. The van der Waals surface area contributed by atoms with E-state index < -0.39 is 0 Å². The Morgan fingerprint density at radius 3 is 1.62 bits per heavy atom. The molecular formula is C48H58N6O4. The second kappa shape index (κ2) is 16.0. The van der Waals surface area contributed by atoms with E-state index in [1.807, 2.05) is 0 Å². The highest BCUT2D eigenvalue weighted by Gasteiger charge is 2.31. The number of hydrogen-bond acceptors (Lipinski definition) is 6. The van der Waals surface area contributed by atoms with E-state index in [-0.39, 0.29) is 24.8 Å². The Morgan fingerprint density at radius 2 is 1.02 bits per heavy atom. The summed E-state index contributed by atoms with van der Waals surface area (Å²) in [5, 5.41) is 0. The van der Waals surface area contributed by atoms with E-state index in [9.17, 15) is 9.59 Å². The molecule has 0 aliphatic carbocycles. The third-order valence-electron chi connectivity index (χ3n) is 12.9. The highest BCUT2D eigenvalue weighted by molar-refractivity contribution is 6.18. The number of nitrogens with one attached hydrogen (secondary N) is 4. The fourth-order valence-corrected chi connectivity index (χ4v) is 9.47. The molecule has 12 bridgehead atoms. The molecule has 0 saturated heterocycles. The Bertz CT molecular complexity index is 2560. The lowest BCUT2D eigenvalue weighted by Gasteiger charge is -2.10. The van der Waals surface area contributed by atoms with Crippen molar-refractivity contribution in [2.24, 2.45) is 9.98 Å². The fourth-order valence-electron chi connectivity index (χ4n) is 9.47. The van der Waals surface area contributed by atoms with Gasteiger partial charge in [-0.15, -0.1) is 0 Å². The van der Waals surface area contributed by atoms with E-state index in [2.05, 4.69) is 101 Å². The number of H-pyrrole nitrogens is 4. The van der Waals surface area contributed by atoms with Crippen molar-refractivity contribution in [1.82, 2.24) is 19.9 Å². The number of fused-ring (bicyclic) bond motifs is 14. The lowest BCUT2D eigenvalue weighted by molar-refractivity contribution is -0.141. The van der Waals surface area contributed by atoms with E-state index in [1.165, 1.54) is 53.2 Å². The molecule has 4 aromatic rings. The van der Waals surface area contributed by atoms with Gasteiger partial charge in [0.05, 0.1) is 71.2 Å². The normalized spacial score (nSPS) is 16.6. The summed E-state index contributed by atoms with van der Waals surface area (Å²) in [7, 11) is 2.84. The number of allylic oxidation sites excluding steroid dienone is 4. The number of hydrogen-bond donors (Lipinski definition) is 4. The molecule has 0 saturated carbocycles. The summed E-state index contributed by atoms with van der Waals surface area (Å²) in [6.45, 7) is 21.9. The van der Waals surface area contributed by atoms with Crippen LogP contribution in [0.5, 0.6) is 0 Å². The molecule has 10 heteroatoms. The van der Waals surface area contributed by atoms with Crippen LogP contribution < -0.4 is 0 Å². The Kier molecular flexibility index (Phi) is 11.2. The first-order valence-corrected chi connectivity index (χ1v) is 20.8. The van der Waals surface area contributed by atoms with Crippen LogP contribution in [0.1, 0.15) is 135 Å². The van der Waals surface area contributed by atoms with Gasteiger partial charge in [0.15, 0.2) is 0 Å². The van der Waals surface area contributed by atoms with Crippen LogP contribution in [-0.2, 0) is 44.7 Å². The van der Waals surface area contributed by atoms with Gasteiger partial charge in [-0.05, 0) is 159 Å². The van der Waals surface area contributed by atoms with Gasteiger partial charge in [0.1, 0.15) is 0 Å². The maximum Gasteiger partial charge on any atom is 0.305 e. The molecule has 0 aromatic carbocycles. The zero-order chi connectivity index (χ0) is 41.7. The first-order chi connectivity index (χ1) is 27.8. The predicted molar refractivity (Wildman–Crippen MR) is 235 cm³/mol. The van der Waals surface area contributed by atoms with Gasteiger partial charge in [0.25, 0.3) is 0 Å². The van der Waals surface area contributed by atoms with Crippen LogP contribution in [0, 0.1) is 27.7 Å². The molecule has 0 amide bonds. The second-order valence-electron chi connectivity index (χ2n) is 15.7. The molecule has 0 fully saturated rings. The molecule has 10 nitrogen and oxygen atoms in total. The quantitative estimate of drug-likeness (QED) is 0.119. The summed E-state index contributed by atoms with van der Waals surface area (Å²) in [4.78, 5) is 51.5. The standard InChI is InChI=1S/C48H58N6O4/c1-13-29-25(7)41-43-27(9)31(15-3)45(53-43)46-32(16-4)28(10)44(54-46)42-26(8)30(14-2)38(52-42)22-36-24(6)34(18-20-40(56)58-12)48(50-36)47-33(17-19-39(55)57-11)23(5)35(49-47)21-37(29)51-41/h21-22,49,52-54H,13-20H2,1-12H3/b35-21?,36-22-,37-21-,38-22?,43-41?,44-42?,46-45?,48-47?. The van der Waals surface area contributed by atoms with Gasteiger partial charge in [-0.3, -0.25) is 9.59 Å². The van der Waals surface area contributed by atoms with Crippen LogP contribution >= 0.6 is 0 Å². The van der Waals surface area contributed by atoms with E-state index in [0.29, 0.717) is 12.8 Å². The monoisotopic (exact) mass is 782 g/mol. The number of aromatic amines is 4. The van der Waals surface area contributed by atoms with Gasteiger partial charge in [-0.2, -0.15) is 0 Å². The van der Waals surface area contributed by atoms with Gasteiger partial charge in [0, 0.05) is 24.2 Å². The van der Waals surface area contributed by atoms with Crippen molar-refractivity contribution in [2.75, 3.05) is 14.2 Å². The summed E-state index contributed by atoms with van der Waals surface area (Å²) in [5.41, 5.74) is 25.5. The molecule has 0 atom stereocenters. The number of ether oxygens (including phenoxy) is 2. The summed E-state index contributed by atoms with van der Waals surface area (Å²) in [6.07, 6.45) is 9.06. The summed E-state index contributed by atoms with van der Waals surface area (Å²) < 4.78 is 10.2. The molecule has 58 heavy (non-hydrogen) atoms. The van der Waals surface area contributed by atoms with Crippen LogP contribution in [-0.4, -0.2) is 57.5 Å². The Hall–Kier alpha value is -5.64. The lowest BCUT2D eigenvalue weighted by Crippen LogP contribution is -2.11. The van der Waals surface area contributed by atoms with Crippen molar-refractivity contribution in [3.63, 3.8) is 0 Å². The minimum atomic E-state index is -0.280. The average Bonchev–Trinajstić information content (AvgIpc) is 4.03. The van der Waals surface area contributed by atoms with Gasteiger partial charge in [-0.1, -0.05) is 27.7 Å². The molecule has 4 N–H and O–H groups in total. The van der Waals surface area contributed by atoms with Crippen molar-refractivity contribution in [3.8, 4) is 22.8 Å². The molecule has 0 radical (unpaired) electrons. The molecule has 7 heterocycles. The molecule has 3 aliphatic rings. The van der Waals surface area contributed by atoms with Crippen molar-refractivity contribution < 1.29 is 19.1 Å². The topological polar surface area (TPSA) is 140 Å². The predicted octanol–water partition coefficient (Wildman–Crippen LogP) is 10.4. The molecule has 7 rings (SSSR count). The van der Waals surface area contributed by atoms with Crippen LogP contribution in [0.3, 0.4) is 0 Å². The van der Waals surface area contributed by atoms with Gasteiger partial charge >= 0.3 is 11.9 Å². The molecule has 4 aromatic heterocycles. The van der Waals surface area contributed by atoms with E-state index >= 15 is 0 Å². The van der Waals surface area contributed by atoms with Gasteiger partial charge in [-0.25, -0.2) is 9.98 Å². The summed E-state index contributed by atoms with van der Waals surface area (Å²) in [6, 6.07) is 0. The van der Waals surface area contributed by atoms with Crippen molar-refractivity contribution in [2.45, 2.75) is 121 Å². The third-order valence-corrected chi connectivity index (χ3v) is 12.9. The largest absolute Gasteiger partial charge is 0.469 e. The molecule has 3 aliphatic heterocycles. The van der Waals surface area contributed by atoms with E-state index in [0.717, 1.165) is 122 Å². The minimum absolute atomic E-state index is 0.213. The van der Waals surface area contributed by atoms with Crippen LogP contribution in [0.4, 0.5) is 0 Å². The summed E-state index contributed by atoms with van der Waals surface area (Å²) in [5.74, 6) is -0.558. The number of esters is 2. The number of methoxy groups -OCH3 is 2. The Morgan fingerprint density at radius 1 is 0.500 bits per heavy atom. The first-order valence-electron chi connectivity index (χ1n) is 20.8. The fraction of sp³-hybridized carbons (Fsp3) is 0.417. The molecular weight excluding hydrogens is 725 g/mol. The van der Waals surface area contributed by atoms with Crippen LogP contribution in [0.25, 0.3) is 34.9 Å². The number of nitrogens with zero attached hydrogens (tertiary/aromatic N) is 2. The average molecular weight is 783 g/mol. The highest BCUT2D eigenvalue weighted by Crippen LogP contribution is 2.42. The maximum atomic E-state index is 12.6. The van der Waals surface area contributed by atoms with Gasteiger partial charge < -0.3 is 29.4 Å². The van der Waals surface area contributed by atoms with Gasteiger partial charge in [0.2, 0.25) is 0 Å². The zero-order valence-corrected chi connectivity index (χ0v) is 36.3. The molecule has 304 valence electrons. The van der Waals surface area contributed by atoms with Crippen molar-refractivity contribution >= 4 is 35.5 Å². The summed E-state index contributed by atoms with van der Waals surface area (Å²) >= 11 is 0. The second-order valence-corrected chi connectivity index (χ2v) is 15.7. The lowest BCUT2D eigenvalue weighted by atomic mass is 9.94. The number of carbonyl (C=O) groups excluding carboxylic acids is 2.